The second kappa shape index (κ2) is 14.0. The van der Waals surface area contributed by atoms with Crippen LogP contribution in [0.4, 0.5) is 18.8 Å². The zero-order valence-corrected chi connectivity index (χ0v) is 30.9. The van der Waals surface area contributed by atoms with Gasteiger partial charge in [0.05, 0.1) is 34.0 Å². The van der Waals surface area contributed by atoms with Gasteiger partial charge >= 0.3 is 0 Å². The van der Waals surface area contributed by atoms with Crippen LogP contribution in [0.2, 0.25) is 0 Å². The number of aromatic nitrogens is 8. The van der Waals surface area contributed by atoms with Crippen molar-refractivity contribution in [3.63, 3.8) is 0 Å². The number of halogens is 4. The van der Waals surface area contributed by atoms with Crippen molar-refractivity contribution in [1.82, 2.24) is 40.3 Å². The van der Waals surface area contributed by atoms with E-state index in [1.807, 2.05) is 0 Å². The van der Waals surface area contributed by atoms with E-state index in [-0.39, 0.29) is 16.5 Å². The Balaban J connectivity index is 1.35. The van der Waals surface area contributed by atoms with E-state index in [0.29, 0.717) is 58.1 Å². The number of hydrogen-bond donors (Lipinski definition) is 4. The summed E-state index contributed by atoms with van der Waals surface area (Å²) >= 11 is 9.36. The van der Waals surface area contributed by atoms with Crippen molar-refractivity contribution >= 4 is 98.2 Å². The molecule has 2 amide bonds. The number of carbonyl (C=O) groups is 2. The highest BCUT2D eigenvalue weighted by atomic mass is 79.9. The summed E-state index contributed by atoms with van der Waals surface area (Å²) in [7, 11) is 0. The summed E-state index contributed by atoms with van der Waals surface area (Å²) in [6.45, 7) is 0. The number of anilines is 2. The number of H-pyrrole nitrogens is 2. The van der Waals surface area contributed by atoms with E-state index >= 15 is 8.78 Å². The smallest absolute Gasteiger partial charge is 0.233 e. The first-order valence-electron chi connectivity index (χ1n) is 15.2. The topological polar surface area (TPSA) is 167 Å². The first-order valence-corrected chi connectivity index (χ1v) is 18.6. The van der Waals surface area contributed by atoms with Crippen LogP contribution in [-0.4, -0.2) is 52.1 Å². The summed E-state index contributed by atoms with van der Waals surface area (Å²) in [5.74, 6) is -5.80. The Bertz CT molecular complexity index is 2610. The number of benzene rings is 2. The summed E-state index contributed by atoms with van der Waals surface area (Å²) < 4.78 is 34.2. The Morgan fingerprint density at radius 1 is 0.712 bits per heavy atom. The first kappa shape index (κ1) is 33.8. The van der Waals surface area contributed by atoms with Gasteiger partial charge in [0.25, 0.3) is 0 Å². The molecule has 6 heterocycles. The van der Waals surface area contributed by atoms with Crippen LogP contribution in [0.5, 0.6) is 0 Å². The second-order valence-corrected chi connectivity index (χ2v) is 14.7. The number of aromatic amines is 2. The number of thiophene rings is 2. The number of hydrogen-bond acceptors (Lipinski definition) is 10. The molecule has 52 heavy (non-hydrogen) atoms. The molecule has 0 aliphatic carbocycles. The van der Waals surface area contributed by atoms with Gasteiger partial charge in [-0.1, -0.05) is 12.1 Å². The number of carbonyl (C=O) groups excluding carboxylic acids is 2. The van der Waals surface area contributed by atoms with Crippen LogP contribution >= 0.6 is 54.5 Å². The number of nitrogens with zero attached hydrogens (tertiary/aromatic N) is 6. The van der Waals surface area contributed by atoms with Crippen molar-refractivity contribution < 1.29 is 18.4 Å². The van der Waals surface area contributed by atoms with Crippen molar-refractivity contribution in [3.8, 4) is 22.8 Å². The predicted octanol–water partition coefficient (Wildman–Crippen LogP) is 8.42. The van der Waals surface area contributed by atoms with E-state index < -0.39 is 35.3 Å². The Morgan fingerprint density at radius 2 is 1.31 bits per heavy atom. The lowest BCUT2D eigenvalue weighted by Crippen LogP contribution is -2.35. The van der Waals surface area contributed by atoms with Crippen LogP contribution in [0, 0.1) is 11.6 Å². The van der Waals surface area contributed by atoms with E-state index in [4.69, 9.17) is 0 Å². The van der Waals surface area contributed by atoms with Gasteiger partial charge in [0.15, 0.2) is 11.6 Å². The van der Waals surface area contributed by atoms with Gasteiger partial charge in [-0.2, -0.15) is 10.2 Å². The lowest BCUT2D eigenvalue weighted by Gasteiger charge is -2.28. The molecule has 12 nitrogen and oxygen atoms in total. The largest absolute Gasteiger partial charge is 0.316 e. The highest BCUT2D eigenvalue weighted by molar-refractivity contribution is 9.11. The molecule has 4 N–H and O–H groups in total. The normalized spacial score (nSPS) is 12.6. The fourth-order valence-electron chi connectivity index (χ4n) is 6.06. The summed E-state index contributed by atoms with van der Waals surface area (Å²) in [5, 5.41) is 24.1. The van der Waals surface area contributed by atoms with E-state index in [0.717, 1.165) is 0 Å². The molecule has 6 aromatic heterocycles. The Hall–Kier alpha value is -5.30. The van der Waals surface area contributed by atoms with Crippen molar-refractivity contribution in [2.75, 3.05) is 10.6 Å². The number of pyridine rings is 2. The Kier molecular flexibility index (Phi) is 9.12. The van der Waals surface area contributed by atoms with Crippen LogP contribution in [0.15, 0.2) is 93.3 Å². The number of amides is 2. The average molecular weight is 863 g/mol. The van der Waals surface area contributed by atoms with Crippen molar-refractivity contribution in [2.45, 2.75) is 11.8 Å². The van der Waals surface area contributed by atoms with E-state index in [1.54, 1.807) is 35.0 Å². The number of fused-ring (bicyclic) bond motifs is 2. The second-order valence-electron chi connectivity index (χ2n) is 11.3. The van der Waals surface area contributed by atoms with Crippen molar-refractivity contribution in [3.05, 3.63) is 116 Å². The molecule has 0 spiro atoms. The van der Waals surface area contributed by atoms with E-state index in [1.165, 1.54) is 72.0 Å². The molecule has 258 valence electrons. The van der Waals surface area contributed by atoms with Gasteiger partial charge < -0.3 is 10.6 Å². The van der Waals surface area contributed by atoms with Crippen LogP contribution in [-0.2, 0) is 9.59 Å². The van der Waals surface area contributed by atoms with Gasteiger partial charge in [0.1, 0.15) is 34.3 Å². The molecule has 0 radical (unpaired) electrons. The molecule has 0 bridgehead atoms. The van der Waals surface area contributed by atoms with Gasteiger partial charge in [0.2, 0.25) is 11.8 Å². The highest BCUT2D eigenvalue weighted by Crippen LogP contribution is 2.45. The summed E-state index contributed by atoms with van der Waals surface area (Å²) in [6, 6.07) is 11.9. The third-order valence-corrected chi connectivity index (χ3v) is 12.0. The molecule has 2 atom stereocenters. The van der Waals surface area contributed by atoms with Crippen LogP contribution in [0.25, 0.3) is 44.6 Å². The summed E-state index contributed by atoms with van der Waals surface area (Å²) in [4.78, 5) is 47.1. The molecule has 0 saturated heterocycles. The minimum atomic E-state index is -1.66. The third kappa shape index (κ3) is 6.16. The fraction of sp³-hybridized carbons (Fsp3) is 0.0588. The average Bonchev–Trinajstić information content (AvgIpc) is 3.97. The lowest BCUT2D eigenvalue weighted by atomic mass is 9.78. The molecule has 8 rings (SSSR count). The van der Waals surface area contributed by atoms with Crippen LogP contribution in [0.3, 0.4) is 0 Å². The summed E-state index contributed by atoms with van der Waals surface area (Å²) in [6.07, 6.45) is 5.70. The molecular weight excluding hydrogens is 842 g/mol. The molecule has 18 heteroatoms. The Morgan fingerprint density at radius 3 is 1.92 bits per heavy atom. The fourth-order valence-corrected chi connectivity index (χ4v) is 9.30. The van der Waals surface area contributed by atoms with E-state index in [2.05, 4.69) is 82.8 Å². The third-order valence-electron chi connectivity index (χ3n) is 8.31. The first-order chi connectivity index (χ1) is 25.3. The SMILES string of the molecule is O=C(Nc1scc(Br)c1-c1ncn[nH]1)C(c1cc2ncccc2cc1F)C(C(=O)Nc1scc(Br)c1-c1ncn[nH]1)c1c(F)ccc2ncccc12. The minimum Gasteiger partial charge on any atom is -0.316 e. The van der Waals surface area contributed by atoms with Gasteiger partial charge in [-0.3, -0.25) is 29.8 Å². The maximum atomic E-state index is 16.5. The quantitative estimate of drug-likeness (QED) is 0.112. The molecule has 8 aromatic rings. The van der Waals surface area contributed by atoms with Crippen molar-refractivity contribution in [2.24, 2.45) is 0 Å². The van der Waals surface area contributed by atoms with Crippen molar-refractivity contribution in [1.29, 1.82) is 0 Å². The maximum Gasteiger partial charge on any atom is 0.233 e. The molecule has 2 unspecified atom stereocenters. The molecule has 2 aromatic carbocycles. The van der Waals surface area contributed by atoms with Gasteiger partial charge in [0, 0.05) is 54.0 Å². The molecule has 0 saturated carbocycles. The van der Waals surface area contributed by atoms with Crippen LogP contribution in [0.1, 0.15) is 23.0 Å². The maximum absolute atomic E-state index is 16.5. The predicted molar refractivity (Wildman–Crippen MR) is 201 cm³/mol. The molecular formula is C34H20Br2F2N10O2S2. The zero-order chi connectivity index (χ0) is 35.9. The standard InChI is InChI=1S/C34H20Br2F2N10O2S2/c35-18-11-51-33(26(18)29-41-13-43-47-29)45-31(49)25(17-10-23-15(9-21(17)38)3-1-7-40-23)28(24-16-4-2-8-39-22(16)6-5-20(24)37)32(50)46-34-27(19(36)12-52-34)30-42-14-44-48-30/h1-14,25,28H,(H,45,49)(H,46,50)(H,41,43,47)(H,42,44,48). The number of rotatable bonds is 9. The van der Waals surface area contributed by atoms with Gasteiger partial charge in [-0.25, -0.2) is 18.7 Å². The van der Waals surface area contributed by atoms with Crippen LogP contribution < -0.4 is 10.6 Å². The highest BCUT2D eigenvalue weighted by Gasteiger charge is 2.42. The molecule has 0 fully saturated rings. The molecule has 0 aliphatic rings. The lowest BCUT2D eigenvalue weighted by molar-refractivity contribution is -0.124. The monoisotopic (exact) mass is 860 g/mol. The Labute approximate surface area is 316 Å². The summed E-state index contributed by atoms with van der Waals surface area (Å²) in [5.41, 5.74) is 1.38. The minimum absolute atomic E-state index is 0.150. The van der Waals surface area contributed by atoms with Gasteiger partial charge in [-0.15, -0.1) is 22.7 Å². The molecule has 0 aliphatic heterocycles. The zero-order valence-electron chi connectivity index (χ0n) is 26.1. The number of nitrogens with one attached hydrogen (secondary N) is 4. The van der Waals surface area contributed by atoms with Gasteiger partial charge in [-0.05, 0) is 68.3 Å². The van der Waals surface area contributed by atoms with E-state index in [9.17, 15) is 9.59 Å².